The van der Waals surface area contributed by atoms with E-state index in [4.69, 9.17) is 0 Å². The van der Waals surface area contributed by atoms with Crippen molar-refractivity contribution in [3.8, 4) is 0 Å². The number of rotatable bonds is 0. The SMILES string of the molecule is Cc1c(C)n(C)c2cccc(S)c12. The molecule has 2 aromatic rings. The van der Waals surface area contributed by atoms with E-state index in [0.717, 1.165) is 4.90 Å². The number of benzene rings is 1. The van der Waals surface area contributed by atoms with Gasteiger partial charge in [-0.25, -0.2) is 0 Å². The van der Waals surface area contributed by atoms with E-state index in [1.807, 2.05) is 12.1 Å². The number of aryl methyl sites for hydroxylation is 2. The lowest BCUT2D eigenvalue weighted by atomic mass is 10.1. The fourth-order valence-corrected chi connectivity index (χ4v) is 2.17. The van der Waals surface area contributed by atoms with Crippen LogP contribution in [0.1, 0.15) is 11.3 Å². The summed E-state index contributed by atoms with van der Waals surface area (Å²) < 4.78 is 2.21. The molecule has 0 amide bonds. The zero-order valence-electron chi connectivity index (χ0n) is 8.13. The Labute approximate surface area is 83.8 Å². The molecule has 0 spiro atoms. The van der Waals surface area contributed by atoms with Gasteiger partial charge < -0.3 is 4.57 Å². The first-order valence-corrected chi connectivity index (χ1v) is 4.81. The number of thiol groups is 1. The Balaban J connectivity index is 3.03. The molecule has 1 nitrogen and oxygen atoms in total. The third kappa shape index (κ3) is 1.09. The first kappa shape index (κ1) is 8.70. The molecule has 2 heteroatoms. The Bertz CT molecular complexity index is 468. The molecule has 0 radical (unpaired) electrons. The number of aromatic nitrogens is 1. The van der Waals surface area contributed by atoms with Crippen LogP contribution in [0.15, 0.2) is 23.1 Å². The summed E-state index contributed by atoms with van der Waals surface area (Å²) in [5.41, 5.74) is 3.92. The van der Waals surface area contributed by atoms with E-state index in [0.29, 0.717) is 0 Å². The first-order chi connectivity index (χ1) is 6.13. The van der Waals surface area contributed by atoms with Crippen LogP contribution in [0.3, 0.4) is 0 Å². The van der Waals surface area contributed by atoms with E-state index in [1.165, 1.54) is 22.2 Å². The van der Waals surface area contributed by atoms with Crippen LogP contribution < -0.4 is 0 Å². The van der Waals surface area contributed by atoms with Crippen molar-refractivity contribution in [3.05, 3.63) is 29.5 Å². The molecule has 0 saturated heterocycles. The van der Waals surface area contributed by atoms with E-state index < -0.39 is 0 Å². The predicted octanol–water partition coefficient (Wildman–Crippen LogP) is 3.08. The Morgan fingerprint density at radius 2 is 1.92 bits per heavy atom. The Kier molecular flexibility index (Phi) is 1.88. The third-order valence-electron chi connectivity index (χ3n) is 2.80. The molecule has 0 aliphatic rings. The highest BCUT2D eigenvalue weighted by Gasteiger charge is 2.09. The van der Waals surface area contributed by atoms with E-state index in [2.05, 4.69) is 44.2 Å². The van der Waals surface area contributed by atoms with Gasteiger partial charge in [0.15, 0.2) is 0 Å². The average molecular weight is 191 g/mol. The molecule has 0 unspecified atom stereocenters. The molecule has 13 heavy (non-hydrogen) atoms. The Hall–Kier alpha value is -0.890. The fraction of sp³-hybridized carbons (Fsp3) is 0.273. The van der Waals surface area contributed by atoms with Gasteiger partial charge in [0.1, 0.15) is 0 Å². The summed E-state index contributed by atoms with van der Waals surface area (Å²) in [6.07, 6.45) is 0. The van der Waals surface area contributed by atoms with Crippen LogP contribution in [0.2, 0.25) is 0 Å². The highest BCUT2D eigenvalue weighted by Crippen LogP contribution is 2.28. The molecule has 1 aromatic heterocycles. The Morgan fingerprint density at radius 1 is 1.23 bits per heavy atom. The molecular weight excluding hydrogens is 178 g/mol. The number of hydrogen-bond acceptors (Lipinski definition) is 1. The van der Waals surface area contributed by atoms with Gasteiger partial charge in [0.25, 0.3) is 0 Å². The lowest BCUT2D eigenvalue weighted by molar-refractivity contribution is 0.910. The molecule has 0 atom stereocenters. The third-order valence-corrected chi connectivity index (χ3v) is 3.18. The lowest BCUT2D eigenvalue weighted by Gasteiger charge is -1.98. The highest BCUT2D eigenvalue weighted by atomic mass is 32.1. The smallest absolute Gasteiger partial charge is 0.0493 e. The summed E-state index contributed by atoms with van der Waals surface area (Å²) in [7, 11) is 2.10. The van der Waals surface area contributed by atoms with E-state index in [1.54, 1.807) is 0 Å². The maximum atomic E-state index is 4.47. The number of nitrogens with zero attached hydrogens (tertiary/aromatic N) is 1. The summed E-state index contributed by atoms with van der Waals surface area (Å²) in [6.45, 7) is 4.29. The van der Waals surface area contributed by atoms with Gasteiger partial charge in [0.2, 0.25) is 0 Å². The molecule has 0 aliphatic heterocycles. The summed E-state index contributed by atoms with van der Waals surface area (Å²) in [6, 6.07) is 6.22. The molecule has 0 fully saturated rings. The van der Waals surface area contributed by atoms with Gasteiger partial charge in [0, 0.05) is 28.5 Å². The number of fused-ring (bicyclic) bond motifs is 1. The lowest BCUT2D eigenvalue weighted by Crippen LogP contribution is -1.89. The van der Waals surface area contributed by atoms with Crippen LogP contribution in [0.25, 0.3) is 10.9 Å². The minimum absolute atomic E-state index is 1.07. The first-order valence-electron chi connectivity index (χ1n) is 4.36. The van der Waals surface area contributed by atoms with Gasteiger partial charge in [-0.2, -0.15) is 0 Å². The molecule has 0 bridgehead atoms. The second-order valence-electron chi connectivity index (χ2n) is 3.44. The van der Waals surface area contributed by atoms with Gasteiger partial charge in [-0.3, -0.25) is 0 Å². The zero-order valence-corrected chi connectivity index (χ0v) is 9.02. The molecule has 0 saturated carbocycles. The molecular formula is C11H13NS. The predicted molar refractivity (Wildman–Crippen MR) is 59.6 cm³/mol. The molecule has 68 valence electrons. The summed E-state index contributed by atoms with van der Waals surface area (Å²) in [5.74, 6) is 0. The summed E-state index contributed by atoms with van der Waals surface area (Å²) >= 11 is 4.47. The molecule has 1 aromatic carbocycles. The van der Waals surface area contributed by atoms with Crippen molar-refractivity contribution in [3.63, 3.8) is 0 Å². The molecule has 0 N–H and O–H groups in total. The van der Waals surface area contributed by atoms with Crippen molar-refractivity contribution in [1.82, 2.24) is 4.57 Å². The fourth-order valence-electron chi connectivity index (χ4n) is 1.81. The largest absolute Gasteiger partial charge is 0.348 e. The minimum Gasteiger partial charge on any atom is -0.348 e. The van der Waals surface area contributed by atoms with Gasteiger partial charge in [-0.1, -0.05) is 6.07 Å². The van der Waals surface area contributed by atoms with Crippen LogP contribution in [-0.2, 0) is 7.05 Å². The van der Waals surface area contributed by atoms with Crippen molar-refractivity contribution in [2.24, 2.45) is 7.05 Å². The van der Waals surface area contributed by atoms with Crippen LogP contribution in [0.5, 0.6) is 0 Å². The van der Waals surface area contributed by atoms with Crippen LogP contribution >= 0.6 is 12.6 Å². The summed E-state index contributed by atoms with van der Waals surface area (Å²) in [5, 5.41) is 1.28. The molecule has 2 rings (SSSR count). The molecule has 0 aliphatic carbocycles. The van der Waals surface area contributed by atoms with E-state index in [-0.39, 0.29) is 0 Å². The zero-order chi connectivity index (χ0) is 9.59. The van der Waals surface area contributed by atoms with Crippen LogP contribution in [-0.4, -0.2) is 4.57 Å². The van der Waals surface area contributed by atoms with E-state index in [9.17, 15) is 0 Å². The van der Waals surface area contributed by atoms with Crippen LogP contribution in [0, 0.1) is 13.8 Å². The van der Waals surface area contributed by atoms with Crippen molar-refractivity contribution in [2.45, 2.75) is 18.7 Å². The quantitative estimate of drug-likeness (QED) is 0.611. The van der Waals surface area contributed by atoms with Gasteiger partial charge in [-0.05, 0) is 31.5 Å². The van der Waals surface area contributed by atoms with E-state index >= 15 is 0 Å². The van der Waals surface area contributed by atoms with Gasteiger partial charge in [0.05, 0.1) is 0 Å². The molecule has 1 heterocycles. The Morgan fingerprint density at radius 3 is 2.54 bits per heavy atom. The van der Waals surface area contributed by atoms with Gasteiger partial charge in [-0.15, -0.1) is 12.6 Å². The highest BCUT2D eigenvalue weighted by molar-refractivity contribution is 7.80. The van der Waals surface area contributed by atoms with Crippen molar-refractivity contribution >= 4 is 23.5 Å². The van der Waals surface area contributed by atoms with Crippen molar-refractivity contribution in [1.29, 1.82) is 0 Å². The van der Waals surface area contributed by atoms with Crippen molar-refractivity contribution in [2.75, 3.05) is 0 Å². The maximum absolute atomic E-state index is 4.47. The normalized spacial score (nSPS) is 11.1. The standard InChI is InChI=1S/C11H13NS/c1-7-8(2)12(3)9-5-4-6-10(13)11(7)9/h4-6,13H,1-3H3. The average Bonchev–Trinajstić information content (AvgIpc) is 2.33. The van der Waals surface area contributed by atoms with Crippen LogP contribution in [0.4, 0.5) is 0 Å². The maximum Gasteiger partial charge on any atom is 0.0493 e. The van der Waals surface area contributed by atoms with Gasteiger partial charge >= 0.3 is 0 Å². The second kappa shape index (κ2) is 2.81. The minimum atomic E-state index is 1.07. The summed E-state index contributed by atoms with van der Waals surface area (Å²) in [4.78, 5) is 1.07. The number of hydrogen-bond donors (Lipinski definition) is 1. The topological polar surface area (TPSA) is 4.93 Å². The van der Waals surface area contributed by atoms with Crippen molar-refractivity contribution < 1.29 is 0 Å². The monoisotopic (exact) mass is 191 g/mol. The second-order valence-corrected chi connectivity index (χ2v) is 3.92.